The van der Waals surface area contributed by atoms with Crippen molar-refractivity contribution >= 4 is 17.6 Å². The number of hydrogen-bond acceptors (Lipinski definition) is 6. The number of hydrogen-bond donors (Lipinski definition) is 0. The number of methoxy groups -OCH3 is 3. The number of benzene rings is 3. The standard InChI is InChI=1S/C27H24FNO5/c1-31-23-11-8-18(15-25(23)32-2)10-13-27(30)34-24-12-9-19(16-26(24)33-3)14-20(17-29)21-6-4-5-7-22(21)28/h4-9,11-12,14-16H,10,13H2,1-3H3/b20-14-. The van der Waals surface area contributed by atoms with E-state index >= 15 is 0 Å². The van der Waals surface area contributed by atoms with Crippen LogP contribution < -0.4 is 18.9 Å². The molecule has 34 heavy (non-hydrogen) atoms. The van der Waals surface area contributed by atoms with Crippen molar-refractivity contribution < 1.29 is 28.1 Å². The second-order valence-electron chi connectivity index (χ2n) is 7.22. The Morgan fingerprint density at radius 3 is 2.26 bits per heavy atom. The van der Waals surface area contributed by atoms with Crippen molar-refractivity contribution in [3.8, 4) is 29.1 Å². The van der Waals surface area contributed by atoms with Crippen LogP contribution in [0.4, 0.5) is 4.39 Å². The molecule has 0 fully saturated rings. The van der Waals surface area contributed by atoms with Gasteiger partial charge >= 0.3 is 5.97 Å². The summed E-state index contributed by atoms with van der Waals surface area (Å²) in [5.41, 5.74) is 1.87. The normalized spacial score (nSPS) is 10.9. The van der Waals surface area contributed by atoms with Crippen molar-refractivity contribution in [3.05, 3.63) is 83.2 Å². The summed E-state index contributed by atoms with van der Waals surface area (Å²) in [5, 5.41) is 9.48. The third-order valence-corrected chi connectivity index (χ3v) is 5.07. The SMILES string of the molecule is COc1ccc(CCC(=O)Oc2ccc(/C=C(/C#N)c3ccccc3F)cc2OC)cc1OC. The van der Waals surface area contributed by atoms with E-state index in [-0.39, 0.29) is 23.3 Å². The van der Waals surface area contributed by atoms with Crippen molar-refractivity contribution in [1.29, 1.82) is 5.26 Å². The van der Waals surface area contributed by atoms with Gasteiger partial charge in [0, 0.05) is 12.0 Å². The summed E-state index contributed by atoms with van der Waals surface area (Å²) < 4.78 is 35.4. The molecule has 6 nitrogen and oxygen atoms in total. The van der Waals surface area contributed by atoms with Gasteiger partial charge in [0.25, 0.3) is 0 Å². The predicted octanol–water partition coefficient (Wildman–Crippen LogP) is 5.45. The Bertz CT molecular complexity index is 1250. The highest BCUT2D eigenvalue weighted by atomic mass is 19.1. The minimum Gasteiger partial charge on any atom is -0.493 e. The molecule has 0 heterocycles. The summed E-state index contributed by atoms with van der Waals surface area (Å²) in [6.07, 6.45) is 2.15. The molecule has 0 saturated heterocycles. The van der Waals surface area contributed by atoms with E-state index in [0.717, 1.165) is 5.56 Å². The van der Waals surface area contributed by atoms with Crippen molar-refractivity contribution in [2.24, 2.45) is 0 Å². The number of halogens is 1. The predicted molar refractivity (Wildman–Crippen MR) is 126 cm³/mol. The van der Waals surface area contributed by atoms with Crippen LogP contribution in [0.25, 0.3) is 11.6 Å². The smallest absolute Gasteiger partial charge is 0.311 e. The van der Waals surface area contributed by atoms with E-state index in [4.69, 9.17) is 18.9 Å². The van der Waals surface area contributed by atoms with Gasteiger partial charge in [0.15, 0.2) is 23.0 Å². The molecule has 3 aromatic rings. The molecule has 0 bridgehead atoms. The summed E-state index contributed by atoms with van der Waals surface area (Å²) in [5.74, 6) is 0.858. The monoisotopic (exact) mass is 461 g/mol. The van der Waals surface area contributed by atoms with E-state index in [1.165, 1.54) is 19.2 Å². The quantitative estimate of drug-likeness (QED) is 0.182. The first kappa shape index (κ1) is 24.3. The molecule has 0 saturated carbocycles. The van der Waals surface area contributed by atoms with Crippen LogP contribution in [0.15, 0.2) is 60.7 Å². The van der Waals surface area contributed by atoms with Crippen molar-refractivity contribution in [2.45, 2.75) is 12.8 Å². The maximum absolute atomic E-state index is 14.1. The fourth-order valence-corrected chi connectivity index (χ4v) is 3.33. The second-order valence-corrected chi connectivity index (χ2v) is 7.22. The first-order valence-corrected chi connectivity index (χ1v) is 10.4. The average Bonchev–Trinajstić information content (AvgIpc) is 2.87. The van der Waals surface area contributed by atoms with Crippen LogP contribution in [0.1, 0.15) is 23.1 Å². The molecule has 0 aliphatic heterocycles. The molecule has 7 heteroatoms. The Labute approximate surface area is 197 Å². The summed E-state index contributed by atoms with van der Waals surface area (Å²) in [6, 6.07) is 18.4. The van der Waals surface area contributed by atoms with E-state index in [1.54, 1.807) is 56.7 Å². The maximum Gasteiger partial charge on any atom is 0.311 e. The van der Waals surface area contributed by atoms with Crippen LogP contribution in [0.2, 0.25) is 0 Å². The largest absolute Gasteiger partial charge is 0.493 e. The van der Waals surface area contributed by atoms with Gasteiger partial charge in [-0.05, 0) is 54.0 Å². The Morgan fingerprint density at radius 1 is 0.912 bits per heavy atom. The summed E-state index contributed by atoms with van der Waals surface area (Å²) in [4.78, 5) is 12.4. The lowest BCUT2D eigenvalue weighted by Gasteiger charge is -2.11. The highest BCUT2D eigenvalue weighted by Gasteiger charge is 2.13. The molecule has 0 aliphatic rings. The van der Waals surface area contributed by atoms with Gasteiger partial charge in [0.1, 0.15) is 5.82 Å². The van der Waals surface area contributed by atoms with Crippen LogP contribution in [-0.4, -0.2) is 27.3 Å². The van der Waals surface area contributed by atoms with Gasteiger partial charge in [-0.1, -0.05) is 30.3 Å². The summed E-state index contributed by atoms with van der Waals surface area (Å²) in [7, 11) is 4.56. The van der Waals surface area contributed by atoms with Gasteiger partial charge in [0.2, 0.25) is 0 Å². The average molecular weight is 461 g/mol. The third kappa shape index (κ3) is 5.93. The molecule has 0 N–H and O–H groups in total. The number of aryl methyl sites for hydroxylation is 1. The Kier molecular flexibility index (Phi) is 8.25. The topological polar surface area (TPSA) is 77.8 Å². The zero-order chi connectivity index (χ0) is 24.5. The first-order chi connectivity index (χ1) is 16.5. The highest BCUT2D eigenvalue weighted by molar-refractivity contribution is 5.90. The Hall–Kier alpha value is -4.31. The van der Waals surface area contributed by atoms with E-state index in [2.05, 4.69) is 0 Å². The van der Waals surface area contributed by atoms with Crippen LogP contribution in [0.5, 0.6) is 23.0 Å². The zero-order valence-electron chi connectivity index (χ0n) is 19.1. The third-order valence-electron chi connectivity index (χ3n) is 5.07. The van der Waals surface area contributed by atoms with Gasteiger partial charge in [-0.3, -0.25) is 4.79 Å². The summed E-state index contributed by atoms with van der Waals surface area (Å²) >= 11 is 0. The maximum atomic E-state index is 14.1. The number of nitriles is 1. The molecule has 174 valence electrons. The van der Waals surface area contributed by atoms with Crippen LogP contribution in [0.3, 0.4) is 0 Å². The molecule has 0 amide bonds. The molecule has 3 aromatic carbocycles. The van der Waals surface area contributed by atoms with Gasteiger partial charge < -0.3 is 18.9 Å². The fraction of sp³-hybridized carbons (Fsp3) is 0.185. The molecule has 0 atom stereocenters. The highest BCUT2D eigenvalue weighted by Crippen LogP contribution is 2.31. The number of carbonyl (C=O) groups excluding carboxylic acids is 1. The lowest BCUT2D eigenvalue weighted by Crippen LogP contribution is -2.10. The van der Waals surface area contributed by atoms with E-state index in [1.807, 2.05) is 18.2 Å². The van der Waals surface area contributed by atoms with E-state index in [0.29, 0.717) is 29.2 Å². The fourth-order valence-electron chi connectivity index (χ4n) is 3.33. The molecule has 0 aliphatic carbocycles. The van der Waals surface area contributed by atoms with Crippen molar-refractivity contribution in [1.82, 2.24) is 0 Å². The molecular weight excluding hydrogens is 437 g/mol. The van der Waals surface area contributed by atoms with Gasteiger partial charge in [0.05, 0.1) is 33.0 Å². The molecule has 3 rings (SSSR count). The number of ether oxygens (including phenoxy) is 4. The molecular formula is C27H24FNO5. The minimum absolute atomic E-state index is 0.145. The van der Waals surface area contributed by atoms with Gasteiger partial charge in [-0.15, -0.1) is 0 Å². The van der Waals surface area contributed by atoms with E-state index in [9.17, 15) is 14.4 Å². The molecule has 0 radical (unpaired) electrons. The van der Waals surface area contributed by atoms with Gasteiger partial charge in [-0.2, -0.15) is 5.26 Å². The van der Waals surface area contributed by atoms with Crippen molar-refractivity contribution in [3.63, 3.8) is 0 Å². The summed E-state index contributed by atoms with van der Waals surface area (Å²) in [6.45, 7) is 0. The number of allylic oxidation sites excluding steroid dienone is 1. The number of nitrogens with zero attached hydrogens (tertiary/aromatic N) is 1. The second kappa shape index (κ2) is 11.5. The van der Waals surface area contributed by atoms with Crippen LogP contribution in [-0.2, 0) is 11.2 Å². The van der Waals surface area contributed by atoms with E-state index < -0.39 is 11.8 Å². The van der Waals surface area contributed by atoms with Crippen LogP contribution in [0, 0.1) is 17.1 Å². The molecule has 0 unspecified atom stereocenters. The lowest BCUT2D eigenvalue weighted by molar-refractivity contribution is -0.134. The number of esters is 1. The van der Waals surface area contributed by atoms with Gasteiger partial charge in [-0.25, -0.2) is 4.39 Å². The Balaban J connectivity index is 1.72. The number of carbonyl (C=O) groups is 1. The molecule has 0 spiro atoms. The van der Waals surface area contributed by atoms with Crippen molar-refractivity contribution in [2.75, 3.05) is 21.3 Å². The first-order valence-electron chi connectivity index (χ1n) is 10.4. The minimum atomic E-state index is -0.484. The lowest BCUT2D eigenvalue weighted by atomic mass is 10.0. The van der Waals surface area contributed by atoms with Crippen LogP contribution >= 0.6 is 0 Å². The zero-order valence-corrected chi connectivity index (χ0v) is 19.1. The Morgan fingerprint density at radius 2 is 1.59 bits per heavy atom. The number of rotatable bonds is 9. The molecule has 0 aromatic heterocycles.